The first-order chi connectivity index (χ1) is 27.2. The van der Waals surface area contributed by atoms with Crippen LogP contribution in [0.4, 0.5) is 0 Å². The van der Waals surface area contributed by atoms with Gasteiger partial charge in [0.15, 0.2) is 0 Å². The van der Waals surface area contributed by atoms with Gasteiger partial charge in [-0.25, -0.2) is 0 Å². The fourth-order valence-electron chi connectivity index (χ4n) is 6.30. The number of nitrogens with one attached hydrogen (secondary N) is 8. The van der Waals surface area contributed by atoms with Crippen LogP contribution in [0.25, 0.3) is 0 Å². The molecule has 1 rings (SSSR count). The molecule has 19 nitrogen and oxygen atoms in total. The van der Waals surface area contributed by atoms with Gasteiger partial charge in [-0.05, 0) is 101 Å². The summed E-state index contributed by atoms with van der Waals surface area (Å²) in [6.07, 6.45) is 1.83. The molecule has 342 valence electrons. The first-order valence-electron chi connectivity index (χ1n) is 20.6. The number of hydrogen-bond donors (Lipinski definition) is 9. The van der Waals surface area contributed by atoms with Crippen molar-refractivity contribution in [2.75, 3.05) is 13.2 Å². The molecule has 0 aliphatic carbocycles. The molecule has 0 aromatic heterocycles. The number of aliphatic hydroxyl groups is 1. The van der Waals surface area contributed by atoms with E-state index in [0.717, 1.165) is 6.42 Å². The maximum Gasteiger partial charge on any atom is 0.248 e. The molecule has 1 saturated heterocycles. The van der Waals surface area contributed by atoms with Crippen molar-refractivity contribution in [1.82, 2.24) is 47.4 Å². The Bertz CT molecular complexity index is 1640. The van der Waals surface area contributed by atoms with Crippen LogP contribution < -0.4 is 42.5 Å². The molecule has 1 fully saturated rings. The average molecular weight is 852 g/mol. The number of carbonyl (C=O) groups is 9. The Kier molecular flexibility index (Phi) is 18.3. The molecular formula is C41H73N9O10. The number of likely N-dealkylation sites (tertiary alicyclic amines) is 1. The lowest BCUT2D eigenvalue weighted by molar-refractivity contribution is -0.142. The maximum absolute atomic E-state index is 13.8. The Morgan fingerprint density at radius 1 is 0.583 bits per heavy atom. The molecular weight excluding hydrogens is 779 g/mol. The molecule has 5 atom stereocenters. The van der Waals surface area contributed by atoms with Crippen LogP contribution in [0.5, 0.6) is 0 Å². The van der Waals surface area contributed by atoms with E-state index in [1.165, 1.54) is 88.0 Å². The lowest BCUT2D eigenvalue weighted by Crippen LogP contribution is -2.67. The summed E-state index contributed by atoms with van der Waals surface area (Å²) in [4.78, 5) is 120. The molecule has 9 amide bonds. The minimum Gasteiger partial charge on any atom is -0.394 e. The van der Waals surface area contributed by atoms with Gasteiger partial charge in [0.2, 0.25) is 53.2 Å². The molecule has 0 bridgehead atoms. The van der Waals surface area contributed by atoms with Gasteiger partial charge in [0.05, 0.1) is 12.6 Å². The molecule has 1 aliphatic rings. The number of aliphatic hydroxyl groups excluding tert-OH is 1. The molecule has 0 spiro atoms. The van der Waals surface area contributed by atoms with E-state index in [9.17, 15) is 48.3 Å². The number of nitrogens with zero attached hydrogens (tertiary/aromatic N) is 1. The van der Waals surface area contributed by atoms with E-state index in [1.807, 2.05) is 6.92 Å². The highest BCUT2D eigenvalue weighted by atomic mass is 16.3. The Morgan fingerprint density at radius 3 is 1.48 bits per heavy atom. The van der Waals surface area contributed by atoms with Crippen LogP contribution in [0, 0.1) is 11.8 Å². The summed E-state index contributed by atoms with van der Waals surface area (Å²) in [5, 5.41) is 30.7. The second-order valence-electron chi connectivity index (χ2n) is 18.9. The number of hydrogen-bond acceptors (Lipinski definition) is 10. The minimum absolute atomic E-state index is 0.190. The number of rotatable bonds is 20. The molecule has 1 aliphatic heterocycles. The maximum atomic E-state index is 13.8. The van der Waals surface area contributed by atoms with E-state index in [1.54, 1.807) is 20.8 Å². The van der Waals surface area contributed by atoms with Crippen molar-refractivity contribution in [3.63, 3.8) is 0 Å². The predicted octanol–water partition coefficient (Wildman–Crippen LogP) is -0.360. The van der Waals surface area contributed by atoms with E-state index in [2.05, 4.69) is 42.5 Å². The lowest BCUT2D eigenvalue weighted by Gasteiger charge is -2.35. The molecule has 0 saturated carbocycles. The third kappa shape index (κ3) is 14.4. The van der Waals surface area contributed by atoms with Crippen molar-refractivity contribution >= 4 is 53.2 Å². The molecule has 9 N–H and O–H groups in total. The van der Waals surface area contributed by atoms with Gasteiger partial charge in [-0.3, -0.25) is 43.2 Å². The van der Waals surface area contributed by atoms with Crippen molar-refractivity contribution in [3.05, 3.63) is 0 Å². The minimum atomic E-state index is -1.63. The lowest BCUT2D eigenvalue weighted by atomic mass is 9.93. The molecule has 1 heterocycles. The summed E-state index contributed by atoms with van der Waals surface area (Å²) in [5.74, 6) is -6.55. The normalized spacial score (nSPS) is 17.0. The molecule has 0 aromatic carbocycles. The number of amides is 9. The van der Waals surface area contributed by atoms with Gasteiger partial charge in [-0.2, -0.15) is 0 Å². The van der Waals surface area contributed by atoms with Crippen LogP contribution in [0.2, 0.25) is 0 Å². The molecule has 0 unspecified atom stereocenters. The summed E-state index contributed by atoms with van der Waals surface area (Å²) in [6, 6.07) is -3.76. The highest BCUT2D eigenvalue weighted by Crippen LogP contribution is 2.21. The van der Waals surface area contributed by atoms with Crippen LogP contribution in [0.3, 0.4) is 0 Å². The summed E-state index contributed by atoms with van der Waals surface area (Å²) in [7, 11) is 0. The van der Waals surface area contributed by atoms with Crippen molar-refractivity contribution in [3.8, 4) is 0 Å². The van der Waals surface area contributed by atoms with Gasteiger partial charge in [0.1, 0.15) is 45.8 Å². The zero-order valence-electron chi connectivity index (χ0n) is 38.6. The van der Waals surface area contributed by atoms with Crippen LogP contribution in [0.1, 0.15) is 130 Å². The second-order valence-corrected chi connectivity index (χ2v) is 18.9. The zero-order valence-corrected chi connectivity index (χ0v) is 38.6. The summed E-state index contributed by atoms with van der Waals surface area (Å²) < 4.78 is 0. The van der Waals surface area contributed by atoms with E-state index >= 15 is 0 Å². The van der Waals surface area contributed by atoms with Gasteiger partial charge in [0.25, 0.3) is 0 Å². The fourth-order valence-corrected chi connectivity index (χ4v) is 6.30. The zero-order chi connectivity index (χ0) is 46.9. The quantitative estimate of drug-likeness (QED) is 0.0768. The van der Waals surface area contributed by atoms with E-state index in [4.69, 9.17) is 0 Å². The summed E-state index contributed by atoms with van der Waals surface area (Å²) in [6.45, 7) is 24.5. The second kappa shape index (κ2) is 20.6. The Hall–Kier alpha value is -4.81. The van der Waals surface area contributed by atoms with Crippen LogP contribution in [-0.4, -0.2) is 128 Å². The van der Waals surface area contributed by atoms with E-state index in [-0.39, 0.29) is 18.6 Å². The Labute approximate surface area is 355 Å². The van der Waals surface area contributed by atoms with Crippen molar-refractivity contribution < 1.29 is 48.3 Å². The highest BCUT2D eigenvalue weighted by molar-refractivity contribution is 6.01. The first-order valence-corrected chi connectivity index (χ1v) is 20.6. The first kappa shape index (κ1) is 53.2. The average Bonchev–Trinajstić information content (AvgIpc) is 3.59. The van der Waals surface area contributed by atoms with Crippen molar-refractivity contribution in [1.29, 1.82) is 0 Å². The summed E-state index contributed by atoms with van der Waals surface area (Å²) >= 11 is 0. The van der Waals surface area contributed by atoms with Crippen molar-refractivity contribution in [2.24, 2.45) is 11.8 Å². The topological polar surface area (TPSA) is 273 Å². The third-order valence-electron chi connectivity index (χ3n) is 10.6. The van der Waals surface area contributed by atoms with Gasteiger partial charge in [-0.15, -0.1) is 0 Å². The van der Waals surface area contributed by atoms with Gasteiger partial charge < -0.3 is 52.5 Å². The van der Waals surface area contributed by atoms with Gasteiger partial charge in [-0.1, -0.05) is 34.1 Å². The van der Waals surface area contributed by atoms with E-state index in [0.29, 0.717) is 19.4 Å². The predicted molar refractivity (Wildman–Crippen MR) is 224 cm³/mol. The Balaban J connectivity index is 3.05. The summed E-state index contributed by atoms with van der Waals surface area (Å²) in [5.41, 5.74) is -7.40. The molecule has 19 heteroatoms. The smallest absolute Gasteiger partial charge is 0.248 e. The van der Waals surface area contributed by atoms with Crippen LogP contribution in [-0.2, 0) is 43.2 Å². The standard InChI is InChI=1S/C41H73N9O10/c1-17-23(4)28(43-30(54)27(22(2)3)44-33(57)38(9,10)48-34(58)39(11,12)45-25(6)52)31(55)47-40(13,14)35(59)49-37(7,8)32(56)42-24(5)29(53)46-41(15,16)36(60)50-20-18-19-26(50)21-51/h22-24,26-28,51H,17-21H2,1-16H3,(H,42,56)(H,43,54)(H,44,57)(H,45,52)(H,46,53)(H,47,55)(H,48,58)(H,49,59)/t23-,24-,26-,27-,28-/m0/s1. The largest absolute Gasteiger partial charge is 0.394 e. The van der Waals surface area contributed by atoms with Gasteiger partial charge >= 0.3 is 0 Å². The molecule has 0 radical (unpaired) electrons. The van der Waals surface area contributed by atoms with Crippen LogP contribution >= 0.6 is 0 Å². The van der Waals surface area contributed by atoms with Gasteiger partial charge in [0, 0.05) is 13.5 Å². The monoisotopic (exact) mass is 852 g/mol. The highest BCUT2D eigenvalue weighted by Gasteiger charge is 2.43. The molecule has 60 heavy (non-hydrogen) atoms. The van der Waals surface area contributed by atoms with Crippen LogP contribution in [0.15, 0.2) is 0 Å². The third-order valence-corrected chi connectivity index (χ3v) is 10.6. The van der Waals surface area contributed by atoms with E-state index < -0.39 is 105 Å². The Morgan fingerprint density at radius 2 is 1.03 bits per heavy atom. The SMILES string of the molecule is CC[C@H](C)[C@H](NC(=O)[C@@H](NC(=O)C(C)(C)NC(=O)C(C)(C)NC(C)=O)C(C)C)C(=O)NC(C)(C)C(=O)NC(C)(C)C(=O)N[C@@H](C)C(=O)NC(C)(C)C(=O)N1CCC[C@H]1CO. The molecule has 0 aromatic rings. The number of carbonyl (C=O) groups excluding carboxylic acids is 9. The fraction of sp³-hybridized carbons (Fsp3) is 0.780. The van der Waals surface area contributed by atoms with Crippen molar-refractivity contribution in [2.45, 2.75) is 182 Å².